The van der Waals surface area contributed by atoms with Gasteiger partial charge in [-0.3, -0.25) is 4.79 Å². The molecular weight excluding hydrogens is 212 g/mol. The number of amides is 1. The Morgan fingerprint density at radius 1 is 1.41 bits per heavy atom. The molecule has 3 heteroatoms. The van der Waals surface area contributed by atoms with Gasteiger partial charge in [-0.2, -0.15) is 5.26 Å². The maximum absolute atomic E-state index is 11.8. The summed E-state index contributed by atoms with van der Waals surface area (Å²) in [6.45, 7) is 3.41. The van der Waals surface area contributed by atoms with Gasteiger partial charge in [-0.15, -0.1) is 0 Å². The Morgan fingerprint density at radius 2 is 2.12 bits per heavy atom. The molecule has 0 bridgehead atoms. The molecule has 1 aromatic rings. The summed E-state index contributed by atoms with van der Waals surface area (Å²) in [5.41, 5.74) is 2.38. The van der Waals surface area contributed by atoms with Crippen LogP contribution in [0.4, 0.5) is 0 Å². The maximum atomic E-state index is 11.8. The largest absolute Gasteiger partial charge is 0.338 e. The van der Waals surface area contributed by atoms with Crippen LogP contribution in [-0.2, 0) is 11.3 Å². The van der Waals surface area contributed by atoms with Crippen molar-refractivity contribution in [2.75, 3.05) is 6.54 Å². The molecule has 1 aromatic carbocycles. The molecule has 88 valence electrons. The summed E-state index contributed by atoms with van der Waals surface area (Å²) in [6, 6.07) is 10.4. The van der Waals surface area contributed by atoms with Gasteiger partial charge in [0.05, 0.1) is 12.0 Å². The highest BCUT2D eigenvalue weighted by molar-refractivity contribution is 5.77. The van der Waals surface area contributed by atoms with Crippen molar-refractivity contribution in [2.45, 2.75) is 26.3 Å². The summed E-state index contributed by atoms with van der Waals surface area (Å²) in [4.78, 5) is 13.7. The van der Waals surface area contributed by atoms with Crippen LogP contribution in [0.25, 0.3) is 0 Å². The van der Waals surface area contributed by atoms with Crippen LogP contribution < -0.4 is 0 Å². The average molecular weight is 228 g/mol. The fraction of sp³-hybridized carbons (Fsp3) is 0.429. The third-order valence-electron chi connectivity index (χ3n) is 3.20. The van der Waals surface area contributed by atoms with Crippen LogP contribution >= 0.6 is 0 Å². The molecule has 1 fully saturated rings. The second-order valence-corrected chi connectivity index (χ2v) is 4.62. The van der Waals surface area contributed by atoms with E-state index in [-0.39, 0.29) is 11.8 Å². The van der Waals surface area contributed by atoms with Gasteiger partial charge in [0, 0.05) is 19.5 Å². The number of piperidine rings is 1. The molecule has 0 spiro atoms. The SMILES string of the molecule is Cc1ccc(CN2CCC(C#N)CC2=O)cc1. The van der Waals surface area contributed by atoms with Crippen LogP contribution in [0.2, 0.25) is 0 Å². The van der Waals surface area contributed by atoms with Gasteiger partial charge in [-0.1, -0.05) is 29.8 Å². The Hall–Kier alpha value is -1.82. The third-order valence-corrected chi connectivity index (χ3v) is 3.20. The van der Waals surface area contributed by atoms with Gasteiger partial charge in [0.25, 0.3) is 0 Å². The van der Waals surface area contributed by atoms with E-state index in [1.807, 2.05) is 11.8 Å². The van der Waals surface area contributed by atoms with Crippen LogP contribution in [0.1, 0.15) is 24.0 Å². The number of carbonyl (C=O) groups is 1. The smallest absolute Gasteiger partial charge is 0.224 e. The predicted molar refractivity (Wildman–Crippen MR) is 64.9 cm³/mol. The molecule has 1 saturated heterocycles. The molecule has 0 N–H and O–H groups in total. The number of nitriles is 1. The quantitative estimate of drug-likeness (QED) is 0.779. The fourth-order valence-corrected chi connectivity index (χ4v) is 2.07. The minimum atomic E-state index is -0.0863. The standard InChI is InChI=1S/C14H16N2O/c1-11-2-4-12(5-3-11)10-16-7-6-13(9-15)8-14(16)17/h2-5,13H,6-8,10H2,1H3. The molecule has 1 heterocycles. The van der Waals surface area contributed by atoms with Crippen molar-refractivity contribution in [2.24, 2.45) is 5.92 Å². The van der Waals surface area contributed by atoms with E-state index in [9.17, 15) is 4.79 Å². The second kappa shape index (κ2) is 5.01. The number of hydrogen-bond donors (Lipinski definition) is 0. The second-order valence-electron chi connectivity index (χ2n) is 4.62. The number of likely N-dealkylation sites (tertiary alicyclic amines) is 1. The summed E-state index contributed by atoms with van der Waals surface area (Å²) in [5, 5.41) is 8.79. The summed E-state index contributed by atoms with van der Waals surface area (Å²) in [7, 11) is 0. The highest BCUT2D eigenvalue weighted by Gasteiger charge is 2.25. The molecule has 1 amide bonds. The zero-order valence-corrected chi connectivity index (χ0v) is 10.0. The van der Waals surface area contributed by atoms with Crippen LogP contribution in [-0.4, -0.2) is 17.4 Å². The van der Waals surface area contributed by atoms with E-state index < -0.39 is 0 Å². The van der Waals surface area contributed by atoms with Crippen LogP contribution in [0.3, 0.4) is 0 Å². The monoisotopic (exact) mass is 228 g/mol. The number of aryl methyl sites for hydroxylation is 1. The lowest BCUT2D eigenvalue weighted by molar-refractivity contribution is -0.134. The van der Waals surface area contributed by atoms with Crippen molar-refractivity contribution in [3.63, 3.8) is 0 Å². The van der Waals surface area contributed by atoms with Crippen molar-refractivity contribution in [3.8, 4) is 6.07 Å². The molecule has 1 atom stereocenters. The first kappa shape index (κ1) is 11.7. The molecule has 0 radical (unpaired) electrons. The fourth-order valence-electron chi connectivity index (χ4n) is 2.07. The van der Waals surface area contributed by atoms with Gasteiger partial charge < -0.3 is 4.90 Å². The van der Waals surface area contributed by atoms with E-state index in [1.165, 1.54) is 5.56 Å². The van der Waals surface area contributed by atoms with E-state index >= 15 is 0 Å². The molecule has 1 unspecified atom stereocenters. The van der Waals surface area contributed by atoms with Crippen molar-refractivity contribution in [1.82, 2.24) is 4.90 Å². The van der Waals surface area contributed by atoms with Crippen molar-refractivity contribution >= 4 is 5.91 Å². The third kappa shape index (κ3) is 2.85. The minimum Gasteiger partial charge on any atom is -0.338 e. The highest BCUT2D eigenvalue weighted by Crippen LogP contribution is 2.19. The lowest BCUT2D eigenvalue weighted by atomic mass is 9.97. The van der Waals surface area contributed by atoms with Gasteiger partial charge in [0.1, 0.15) is 0 Å². The molecule has 0 saturated carbocycles. The van der Waals surface area contributed by atoms with Crippen LogP contribution in [0.15, 0.2) is 24.3 Å². The van der Waals surface area contributed by atoms with Crippen molar-refractivity contribution < 1.29 is 4.79 Å². The Labute approximate surface area is 102 Å². The molecule has 3 nitrogen and oxygen atoms in total. The number of benzene rings is 1. The normalized spacial score (nSPS) is 20.1. The van der Waals surface area contributed by atoms with E-state index in [0.717, 1.165) is 12.0 Å². The molecule has 0 aliphatic carbocycles. The Bertz CT molecular complexity index is 444. The van der Waals surface area contributed by atoms with Crippen LogP contribution in [0.5, 0.6) is 0 Å². The summed E-state index contributed by atoms with van der Waals surface area (Å²) in [5.74, 6) is 0.0140. The van der Waals surface area contributed by atoms with Crippen molar-refractivity contribution in [3.05, 3.63) is 35.4 Å². The van der Waals surface area contributed by atoms with Gasteiger partial charge >= 0.3 is 0 Å². The molecular formula is C14H16N2O. The topological polar surface area (TPSA) is 44.1 Å². The van der Waals surface area contributed by atoms with E-state index in [0.29, 0.717) is 19.5 Å². The highest BCUT2D eigenvalue weighted by atomic mass is 16.2. The number of carbonyl (C=O) groups excluding carboxylic acids is 1. The Kier molecular flexibility index (Phi) is 3.43. The summed E-state index contributed by atoms with van der Waals surface area (Å²) >= 11 is 0. The molecule has 2 rings (SSSR count). The minimum absolute atomic E-state index is 0.0863. The van der Waals surface area contributed by atoms with Gasteiger partial charge in [0.2, 0.25) is 5.91 Å². The molecule has 1 aliphatic heterocycles. The zero-order chi connectivity index (χ0) is 12.3. The first-order valence-corrected chi connectivity index (χ1v) is 5.92. The van der Waals surface area contributed by atoms with Crippen LogP contribution in [0, 0.1) is 24.2 Å². The lowest BCUT2D eigenvalue weighted by Gasteiger charge is -2.29. The number of hydrogen-bond acceptors (Lipinski definition) is 2. The first-order valence-electron chi connectivity index (χ1n) is 5.92. The molecule has 17 heavy (non-hydrogen) atoms. The zero-order valence-electron chi connectivity index (χ0n) is 10.0. The summed E-state index contributed by atoms with van der Waals surface area (Å²) < 4.78 is 0. The van der Waals surface area contributed by atoms with E-state index in [1.54, 1.807) is 0 Å². The van der Waals surface area contributed by atoms with E-state index in [4.69, 9.17) is 5.26 Å². The Balaban J connectivity index is 1.98. The number of rotatable bonds is 2. The summed E-state index contributed by atoms with van der Waals surface area (Å²) in [6.07, 6.45) is 1.18. The van der Waals surface area contributed by atoms with Gasteiger partial charge in [-0.05, 0) is 18.9 Å². The first-order chi connectivity index (χ1) is 8.19. The van der Waals surface area contributed by atoms with Gasteiger partial charge in [-0.25, -0.2) is 0 Å². The number of nitrogens with zero attached hydrogens (tertiary/aromatic N) is 2. The van der Waals surface area contributed by atoms with E-state index in [2.05, 4.69) is 30.3 Å². The average Bonchev–Trinajstić information content (AvgIpc) is 2.34. The lowest BCUT2D eigenvalue weighted by Crippen LogP contribution is -2.37. The van der Waals surface area contributed by atoms with Crippen molar-refractivity contribution in [1.29, 1.82) is 5.26 Å². The molecule has 1 aliphatic rings. The Morgan fingerprint density at radius 3 is 2.71 bits per heavy atom. The predicted octanol–water partition coefficient (Wildman–Crippen LogP) is 2.26. The molecule has 0 aromatic heterocycles. The maximum Gasteiger partial charge on any atom is 0.224 e. The van der Waals surface area contributed by atoms with Gasteiger partial charge in [0.15, 0.2) is 0 Å².